The highest BCUT2D eigenvalue weighted by molar-refractivity contribution is 6.10. The predicted octanol–water partition coefficient (Wildman–Crippen LogP) is 5.26. The van der Waals surface area contributed by atoms with E-state index in [1.807, 2.05) is 54.6 Å². The van der Waals surface area contributed by atoms with Crippen LogP contribution in [0.25, 0.3) is 11.1 Å². The molecule has 0 unspecified atom stereocenters. The van der Waals surface area contributed by atoms with E-state index < -0.39 is 0 Å². The topological polar surface area (TPSA) is 80.3 Å². The van der Waals surface area contributed by atoms with Crippen LogP contribution in [-0.2, 0) is 0 Å². The Bertz CT molecular complexity index is 1220. The average Bonchev–Trinajstić information content (AvgIpc) is 2.85. The number of carbonyl (C=O) groups excluding carboxylic acids is 2. The third-order valence-corrected chi connectivity index (χ3v) is 4.89. The minimum atomic E-state index is -0.380. The Morgan fingerprint density at radius 3 is 2.03 bits per heavy atom. The lowest BCUT2D eigenvalue weighted by Gasteiger charge is -2.12. The van der Waals surface area contributed by atoms with Crippen molar-refractivity contribution in [2.75, 3.05) is 17.7 Å². The fraction of sp³-hybridized carbons (Fsp3) is 0.0385. The largest absolute Gasteiger partial charge is 0.496 e. The second-order valence-electron chi connectivity index (χ2n) is 7.00. The SMILES string of the molecule is COc1ccc(C(=O)Nc2ccc(-c3ccccc3)cc2)cc1C(=O)Nc1ccncc1. The van der Waals surface area contributed by atoms with E-state index in [1.165, 1.54) is 13.2 Å². The molecule has 4 rings (SSSR count). The minimum absolute atomic E-state index is 0.261. The summed E-state index contributed by atoms with van der Waals surface area (Å²) in [6.07, 6.45) is 3.17. The highest BCUT2D eigenvalue weighted by atomic mass is 16.5. The molecule has 0 atom stereocenters. The van der Waals surface area contributed by atoms with Crippen molar-refractivity contribution in [3.8, 4) is 16.9 Å². The van der Waals surface area contributed by atoms with Crippen LogP contribution in [-0.4, -0.2) is 23.9 Å². The summed E-state index contributed by atoms with van der Waals surface area (Å²) in [6, 6.07) is 25.7. The maximum atomic E-state index is 12.8. The standard InChI is InChI=1S/C26H21N3O3/c1-32-24-12-9-20(17-23(24)26(31)29-22-13-15-27-16-14-22)25(30)28-21-10-7-19(8-11-21)18-5-3-2-4-6-18/h2-17H,1H3,(H,28,30)(H,27,29,31). The van der Waals surface area contributed by atoms with E-state index in [1.54, 1.807) is 36.7 Å². The van der Waals surface area contributed by atoms with Crippen LogP contribution in [0.3, 0.4) is 0 Å². The van der Waals surface area contributed by atoms with Gasteiger partial charge in [0, 0.05) is 29.3 Å². The van der Waals surface area contributed by atoms with E-state index in [9.17, 15) is 9.59 Å². The predicted molar refractivity (Wildman–Crippen MR) is 125 cm³/mol. The minimum Gasteiger partial charge on any atom is -0.496 e. The summed E-state index contributed by atoms with van der Waals surface area (Å²) in [5.41, 5.74) is 4.02. The Hall–Kier alpha value is -4.45. The molecule has 0 aliphatic heterocycles. The van der Waals surface area contributed by atoms with E-state index in [0.717, 1.165) is 11.1 Å². The third kappa shape index (κ3) is 4.82. The van der Waals surface area contributed by atoms with Gasteiger partial charge in [-0.2, -0.15) is 0 Å². The Kier molecular flexibility index (Phi) is 6.22. The molecular formula is C26H21N3O3. The molecular weight excluding hydrogens is 402 g/mol. The van der Waals surface area contributed by atoms with Crippen molar-refractivity contribution in [1.29, 1.82) is 0 Å². The summed E-state index contributed by atoms with van der Waals surface area (Å²) in [4.78, 5) is 29.5. The van der Waals surface area contributed by atoms with E-state index in [4.69, 9.17) is 4.74 Å². The molecule has 0 saturated heterocycles. The molecule has 32 heavy (non-hydrogen) atoms. The van der Waals surface area contributed by atoms with Gasteiger partial charge in [-0.25, -0.2) is 0 Å². The van der Waals surface area contributed by atoms with E-state index in [-0.39, 0.29) is 17.4 Å². The summed E-state index contributed by atoms with van der Waals surface area (Å²) in [7, 11) is 1.48. The van der Waals surface area contributed by atoms with Gasteiger partial charge in [0.2, 0.25) is 0 Å². The molecule has 0 aliphatic carbocycles. The number of benzene rings is 3. The maximum absolute atomic E-state index is 12.8. The number of nitrogens with one attached hydrogen (secondary N) is 2. The fourth-order valence-corrected chi connectivity index (χ4v) is 3.24. The highest BCUT2D eigenvalue weighted by Gasteiger charge is 2.16. The average molecular weight is 423 g/mol. The zero-order valence-corrected chi connectivity index (χ0v) is 17.4. The summed E-state index contributed by atoms with van der Waals surface area (Å²) in [5, 5.41) is 5.65. The van der Waals surface area contributed by atoms with Gasteiger partial charge < -0.3 is 15.4 Å². The van der Waals surface area contributed by atoms with E-state index in [2.05, 4.69) is 15.6 Å². The van der Waals surface area contributed by atoms with Crippen LogP contribution >= 0.6 is 0 Å². The van der Waals surface area contributed by atoms with Crippen LogP contribution in [0.15, 0.2) is 97.3 Å². The molecule has 4 aromatic rings. The first-order valence-corrected chi connectivity index (χ1v) is 10.0. The van der Waals surface area contributed by atoms with Crippen molar-refractivity contribution in [2.45, 2.75) is 0 Å². The number of hydrogen-bond acceptors (Lipinski definition) is 4. The first kappa shape index (κ1) is 20.8. The van der Waals surface area contributed by atoms with Crippen molar-refractivity contribution in [3.63, 3.8) is 0 Å². The number of rotatable bonds is 6. The van der Waals surface area contributed by atoms with Crippen LogP contribution in [0.2, 0.25) is 0 Å². The zero-order valence-electron chi connectivity index (χ0n) is 17.4. The monoisotopic (exact) mass is 423 g/mol. The molecule has 0 spiro atoms. The van der Waals surface area contributed by atoms with Gasteiger partial charge in [0.05, 0.1) is 12.7 Å². The lowest BCUT2D eigenvalue weighted by molar-refractivity contribution is 0.102. The van der Waals surface area contributed by atoms with Crippen LogP contribution in [0.5, 0.6) is 5.75 Å². The summed E-state index contributed by atoms with van der Waals surface area (Å²) >= 11 is 0. The molecule has 6 heteroatoms. The summed E-state index contributed by atoms with van der Waals surface area (Å²) in [5.74, 6) is -0.326. The number of pyridine rings is 1. The lowest BCUT2D eigenvalue weighted by Crippen LogP contribution is -2.16. The molecule has 0 radical (unpaired) electrons. The fourth-order valence-electron chi connectivity index (χ4n) is 3.24. The van der Waals surface area contributed by atoms with Crippen molar-refractivity contribution in [2.24, 2.45) is 0 Å². The molecule has 1 aromatic heterocycles. The number of carbonyl (C=O) groups is 2. The Morgan fingerprint density at radius 2 is 1.34 bits per heavy atom. The van der Waals surface area contributed by atoms with Gasteiger partial charge in [-0.05, 0) is 53.6 Å². The molecule has 2 amide bonds. The van der Waals surface area contributed by atoms with Gasteiger partial charge in [-0.1, -0.05) is 42.5 Å². The number of hydrogen-bond donors (Lipinski definition) is 2. The highest BCUT2D eigenvalue weighted by Crippen LogP contribution is 2.24. The normalized spacial score (nSPS) is 10.3. The number of aromatic nitrogens is 1. The number of ether oxygens (including phenoxy) is 1. The van der Waals surface area contributed by atoms with Crippen molar-refractivity contribution < 1.29 is 14.3 Å². The second kappa shape index (κ2) is 9.57. The molecule has 6 nitrogen and oxygen atoms in total. The molecule has 0 bridgehead atoms. The van der Waals surface area contributed by atoms with Gasteiger partial charge >= 0.3 is 0 Å². The first-order valence-electron chi connectivity index (χ1n) is 10.0. The first-order chi connectivity index (χ1) is 15.6. The van der Waals surface area contributed by atoms with E-state index in [0.29, 0.717) is 22.7 Å². The maximum Gasteiger partial charge on any atom is 0.259 e. The second-order valence-corrected chi connectivity index (χ2v) is 7.00. The van der Waals surface area contributed by atoms with Gasteiger partial charge in [-0.15, -0.1) is 0 Å². The summed E-state index contributed by atoms with van der Waals surface area (Å²) < 4.78 is 5.31. The smallest absolute Gasteiger partial charge is 0.259 e. The molecule has 1 heterocycles. The summed E-state index contributed by atoms with van der Waals surface area (Å²) in [6.45, 7) is 0. The number of amides is 2. The van der Waals surface area contributed by atoms with Gasteiger partial charge in [0.1, 0.15) is 5.75 Å². The third-order valence-electron chi connectivity index (χ3n) is 4.89. The molecule has 3 aromatic carbocycles. The van der Waals surface area contributed by atoms with Crippen molar-refractivity contribution in [3.05, 3.63) is 108 Å². The lowest BCUT2D eigenvalue weighted by atomic mass is 10.1. The Morgan fingerprint density at radius 1 is 0.719 bits per heavy atom. The Balaban J connectivity index is 1.51. The molecule has 0 aliphatic rings. The zero-order chi connectivity index (χ0) is 22.3. The van der Waals surface area contributed by atoms with Crippen molar-refractivity contribution >= 4 is 23.2 Å². The van der Waals surface area contributed by atoms with Crippen LogP contribution in [0.1, 0.15) is 20.7 Å². The number of nitrogens with zero attached hydrogens (tertiary/aromatic N) is 1. The van der Waals surface area contributed by atoms with Gasteiger partial charge in [0.15, 0.2) is 0 Å². The van der Waals surface area contributed by atoms with E-state index >= 15 is 0 Å². The van der Waals surface area contributed by atoms with Gasteiger partial charge in [0.25, 0.3) is 11.8 Å². The molecule has 158 valence electrons. The van der Waals surface area contributed by atoms with Crippen LogP contribution in [0, 0.1) is 0 Å². The number of methoxy groups -OCH3 is 1. The number of anilines is 2. The van der Waals surface area contributed by atoms with Gasteiger partial charge in [-0.3, -0.25) is 14.6 Å². The Labute approximate surface area is 185 Å². The molecule has 0 saturated carbocycles. The van der Waals surface area contributed by atoms with Crippen LogP contribution in [0.4, 0.5) is 11.4 Å². The van der Waals surface area contributed by atoms with Crippen LogP contribution < -0.4 is 15.4 Å². The molecule has 0 fully saturated rings. The van der Waals surface area contributed by atoms with Crippen molar-refractivity contribution in [1.82, 2.24) is 4.98 Å². The molecule has 2 N–H and O–H groups in total. The quantitative estimate of drug-likeness (QED) is 0.443.